The van der Waals surface area contributed by atoms with Gasteiger partial charge in [0.1, 0.15) is 5.54 Å². The summed E-state index contributed by atoms with van der Waals surface area (Å²) in [6, 6.07) is 1.58. The van der Waals surface area contributed by atoms with Crippen LogP contribution in [0.25, 0.3) is 0 Å². The largest absolute Gasteiger partial charge is 0.409 e. The van der Waals surface area contributed by atoms with Crippen LogP contribution in [0.15, 0.2) is 23.6 Å². The fraction of sp³-hybridized carbons (Fsp3) is 0.571. The summed E-state index contributed by atoms with van der Waals surface area (Å²) in [7, 11) is 0. The molecule has 1 saturated carbocycles. The van der Waals surface area contributed by atoms with Gasteiger partial charge in [0, 0.05) is 0 Å². The molecule has 1 heterocycles. The molecule has 1 aliphatic carbocycles. The second kappa shape index (κ2) is 6.51. The van der Waals surface area contributed by atoms with E-state index < -0.39 is 5.54 Å². The van der Waals surface area contributed by atoms with E-state index in [1.807, 2.05) is 0 Å². The first-order valence-electron chi connectivity index (χ1n) is 7.18. The van der Waals surface area contributed by atoms with E-state index in [-0.39, 0.29) is 11.7 Å². The van der Waals surface area contributed by atoms with Gasteiger partial charge in [-0.1, -0.05) is 18.5 Å². The zero-order chi connectivity index (χ0) is 15.3. The lowest BCUT2D eigenvalue weighted by molar-refractivity contribution is 0.0894. The highest BCUT2D eigenvalue weighted by Gasteiger charge is 2.40. The molecule has 1 fully saturated rings. The predicted octanol–water partition coefficient (Wildman–Crippen LogP) is 1.29. The average molecular weight is 291 g/mol. The lowest BCUT2D eigenvalue weighted by Gasteiger charge is -2.39. The molecule has 7 heteroatoms. The van der Waals surface area contributed by atoms with Crippen molar-refractivity contribution in [2.45, 2.75) is 44.6 Å². The van der Waals surface area contributed by atoms with Gasteiger partial charge in [-0.3, -0.25) is 4.79 Å². The van der Waals surface area contributed by atoms with E-state index in [9.17, 15) is 4.79 Å². The van der Waals surface area contributed by atoms with Gasteiger partial charge in [-0.2, -0.15) is 10.2 Å². The van der Waals surface area contributed by atoms with Gasteiger partial charge in [-0.15, -0.1) is 0 Å². The topological polar surface area (TPSA) is 113 Å². The Labute approximate surface area is 123 Å². The highest BCUT2D eigenvalue weighted by atomic mass is 16.4. The Hall–Kier alpha value is -2.18. The summed E-state index contributed by atoms with van der Waals surface area (Å²) >= 11 is 0. The van der Waals surface area contributed by atoms with E-state index >= 15 is 0 Å². The second-order valence-electron chi connectivity index (χ2n) is 5.50. The van der Waals surface area contributed by atoms with E-state index in [4.69, 9.17) is 10.9 Å². The first-order chi connectivity index (χ1) is 10.1. The molecule has 1 aromatic rings. The lowest BCUT2D eigenvalue weighted by Crippen LogP contribution is -2.59. The maximum Gasteiger partial charge on any atom is 0.253 e. The Bertz CT molecular complexity index is 509. The van der Waals surface area contributed by atoms with Crippen molar-refractivity contribution in [2.75, 3.05) is 0 Å². The van der Waals surface area contributed by atoms with Crippen molar-refractivity contribution in [1.29, 1.82) is 0 Å². The zero-order valence-electron chi connectivity index (χ0n) is 12.1. The molecule has 0 atom stereocenters. The standard InChI is InChI=1S/C14H21N5O2/c1-2-10-3-6-14(7-4-10,13(15)19-21)18-12(20)11-5-8-16-17-9-11/h5,8-10,21H,2-4,6-7H2,1H3,(H2,15,19)(H,18,20). The molecule has 1 aliphatic rings. The van der Waals surface area contributed by atoms with Crippen LogP contribution >= 0.6 is 0 Å². The molecule has 2 rings (SSSR count). The number of aromatic nitrogens is 2. The van der Waals surface area contributed by atoms with Crippen molar-refractivity contribution in [3.8, 4) is 0 Å². The van der Waals surface area contributed by atoms with Crippen LogP contribution in [0.5, 0.6) is 0 Å². The van der Waals surface area contributed by atoms with Gasteiger partial charge in [0.05, 0.1) is 18.0 Å². The number of hydrogen-bond donors (Lipinski definition) is 3. The third-order valence-electron chi connectivity index (χ3n) is 4.33. The number of amides is 1. The highest BCUT2D eigenvalue weighted by molar-refractivity contribution is 6.00. The quantitative estimate of drug-likeness (QED) is 0.335. The Balaban J connectivity index is 2.17. The van der Waals surface area contributed by atoms with Crippen molar-refractivity contribution in [3.63, 3.8) is 0 Å². The predicted molar refractivity (Wildman–Crippen MR) is 77.9 cm³/mol. The van der Waals surface area contributed by atoms with Crippen molar-refractivity contribution in [2.24, 2.45) is 16.8 Å². The summed E-state index contributed by atoms with van der Waals surface area (Å²) in [6.45, 7) is 2.16. The molecule has 0 unspecified atom stereocenters. The Morgan fingerprint density at radius 3 is 2.76 bits per heavy atom. The molecule has 0 aliphatic heterocycles. The Morgan fingerprint density at radius 1 is 1.52 bits per heavy atom. The second-order valence-corrected chi connectivity index (χ2v) is 5.50. The van der Waals surface area contributed by atoms with Crippen LogP contribution in [-0.2, 0) is 0 Å². The first-order valence-corrected chi connectivity index (χ1v) is 7.18. The highest BCUT2D eigenvalue weighted by Crippen LogP contribution is 2.34. The van der Waals surface area contributed by atoms with Crippen LogP contribution in [0.3, 0.4) is 0 Å². The van der Waals surface area contributed by atoms with Gasteiger partial charge in [-0.05, 0) is 37.7 Å². The number of oxime groups is 1. The minimum Gasteiger partial charge on any atom is -0.409 e. The van der Waals surface area contributed by atoms with Crippen LogP contribution in [0.1, 0.15) is 49.4 Å². The van der Waals surface area contributed by atoms with Crippen molar-refractivity contribution in [3.05, 3.63) is 24.0 Å². The lowest BCUT2D eigenvalue weighted by atomic mass is 9.74. The SMILES string of the molecule is CCC1CCC(NC(=O)c2ccnnc2)(/C(N)=N/O)CC1. The molecule has 1 aromatic heterocycles. The minimum absolute atomic E-state index is 0.0624. The maximum absolute atomic E-state index is 12.3. The summed E-state index contributed by atoms with van der Waals surface area (Å²) in [6.07, 6.45) is 7.20. The van der Waals surface area contributed by atoms with Crippen LogP contribution in [0.2, 0.25) is 0 Å². The molecule has 114 valence electrons. The van der Waals surface area contributed by atoms with Crippen LogP contribution in [0, 0.1) is 5.92 Å². The van der Waals surface area contributed by atoms with Gasteiger partial charge in [0.2, 0.25) is 0 Å². The van der Waals surface area contributed by atoms with Crippen molar-refractivity contribution in [1.82, 2.24) is 15.5 Å². The molecule has 1 amide bonds. The smallest absolute Gasteiger partial charge is 0.253 e. The Kier molecular flexibility index (Phi) is 4.72. The number of hydrogen-bond acceptors (Lipinski definition) is 5. The molecule has 0 spiro atoms. The van der Waals surface area contributed by atoms with E-state index in [0.717, 1.165) is 19.3 Å². The average Bonchev–Trinajstić information content (AvgIpc) is 2.55. The van der Waals surface area contributed by atoms with Gasteiger partial charge in [-0.25, -0.2) is 0 Å². The fourth-order valence-corrected chi connectivity index (χ4v) is 2.83. The van der Waals surface area contributed by atoms with Crippen molar-refractivity contribution < 1.29 is 10.0 Å². The first kappa shape index (κ1) is 15.2. The molecule has 7 nitrogen and oxygen atoms in total. The van der Waals surface area contributed by atoms with Crippen LogP contribution < -0.4 is 11.1 Å². The van der Waals surface area contributed by atoms with Gasteiger partial charge in [0.15, 0.2) is 5.84 Å². The van der Waals surface area contributed by atoms with E-state index in [0.29, 0.717) is 24.3 Å². The summed E-state index contributed by atoms with van der Waals surface area (Å²) in [5, 5.41) is 22.4. The van der Waals surface area contributed by atoms with Crippen LogP contribution in [-0.4, -0.2) is 32.7 Å². The monoisotopic (exact) mass is 291 g/mol. The minimum atomic E-state index is -0.777. The molecular formula is C14H21N5O2. The third-order valence-corrected chi connectivity index (χ3v) is 4.33. The molecule has 21 heavy (non-hydrogen) atoms. The number of carbonyl (C=O) groups excluding carboxylic acids is 1. The summed E-state index contributed by atoms with van der Waals surface area (Å²) in [5.41, 5.74) is 5.49. The number of nitrogens with two attached hydrogens (primary N) is 1. The molecule has 0 aromatic carbocycles. The number of amidine groups is 1. The number of nitrogens with one attached hydrogen (secondary N) is 1. The third kappa shape index (κ3) is 3.29. The molecular weight excluding hydrogens is 270 g/mol. The van der Waals surface area contributed by atoms with E-state index in [1.165, 1.54) is 12.4 Å². The number of rotatable bonds is 4. The van der Waals surface area contributed by atoms with Gasteiger partial charge < -0.3 is 16.3 Å². The molecule has 0 bridgehead atoms. The van der Waals surface area contributed by atoms with E-state index in [1.54, 1.807) is 6.07 Å². The number of nitrogens with zero attached hydrogens (tertiary/aromatic N) is 3. The number of carbonyl (C=O) groups is 1. The van der Waals surface area contributed by atoms with Crippen molar-refractivity contribution >= 4 is 11.7 Å². The van der Waals surface area contributed by atoms with E-state index in [2.05, 4.69) is 27.6 Å². The Morgan fingerprint density at radius 2 is 2.24 bits per heavy atom. The summed E-state index contributed by atoms with van der Waals surface area (Å²) < 4.78 is 0. The zero-order valence-corrected chi connectivity index (χ0v) is 12.1. The maximum atomic E-state index is 12.3. The molecule has 0 radical (unpaired) electrons. The van der Waals surface area contributed by atoms with Gasteiger partial charge in [0.25, 0.3) is 5.91 Å². The van der Waals surface area contributed by atoms with Crippen LogP contribution in [0.4, 0.5) is 0 Å². The fourth-order valence-electron chi connectivity index (χ4n) is 2.83. The summed E-state index contributed by atoms with van der Waals surface area (Å²) in [5.74, 6) is 0.406. The normalized spacial score (nSPS) is 26.3. The molecule has 0 saturated heterocycles. The summed E-state index contributed by atoms with van der Waals surface area (Å²) in [4.78, 5) is 12.3. The molecule has 4 N–H and O–H groups in total. The van der Waals surface area contributed by atoms with Gasteiger partial charge >= 0.3 is 0 Å².